The summed E-state index contributed by atoms with van der Waals surface area (Å²) < 4.78 is 5.82. The van der Waals surface area contributed by atoms with E-state index >= 15 is 0 Å². The van der Waals surface area contributed by atoms with E-state index in [1.165, 1.54) is 12.1 Å². The van der Waals surface area contributed by atoms with E-state index in [2.05, 4.69) is 12.1 Å². The molecule has 4 aromatic rings. The monoisotopic (exact) mass is 405 g/mol. The molecule has 0 aliphatic carbocycles. The third kappa shape index (κ3) is 3.18. The summed E-state index contributed by atoms with van der Waals surface area (Å²) in [5, 5.41) is 10.8. The normalized spacial score (nSPS) is 10.8. The van der Waals surface area contributed by atoms with Gasteiger partial charge in [-0.1, -0.05) is 59.1 Å². The third-order valence-corrected chi connectivity index (χ3v) is 5.08. The van der Waals surface area contributed by atoms with E-state index in [9.17, 15) is 10.1 Å². The van der Waals surface area contributed by atoms with E-state index in [4.69, 9.17) is 27.6 Å². The van der Waals surface area contributed by atoms with Crippen LogP contribution in [0.25, 0.3) is 22.1 Å². The van der Waals surface area contributed by atoms with Gasteiger partial charge in [0.05, 0.1) is 5.02 Å². The van der Waals surface area contributed by atoms with Gasteiger partial charge in [-0.3, -0.25) is 4.79 Å². The number of carbonyl (C=O) groups is 1. The van der Waals surface area contributed by atoms with Gasteiger partial charge in [0.1, 0.15) is 17.2 Å². The van der Waals surface area contributed by atoms with E-state index in [0.717, 1.165) is 16.7 Å². The Balaban J connectivity index is 1.85. The second kappa shape index (κ2) is 7.16. The van der Waals surface area contributed by atoms with E-state index in [1.807, 2.05) is 37.3 Å². The smallest absolute Gasteiger partial charge is 0.231 e. The molecule has 0 saturated carbocycles. The van der Waals surface area contributed by atoms with Crippen LogP contribution in [0.4, 0.5) is 0 Å². The lowest BCUT2D eigenvalue weighted by molar-refractivity contribution is 0.101. The minimum absolute atomic E-state index is 0.0249. The first-order chi connectivity index (χ1) is 13.5. The zero-order valence-corrected chi connectivity index (χ0v) is 16.3. The SMILES string of the molecule is Cc1cccc(-c2ccc3c(C#N)c(C(=O)c4ccc(Cl)cc4Cl)oc3c2)c1. The van der Waals surface area contributed by atoms with Crippen molar-refractivity contribution in [1.82, 2.24) is 0 Å². The van der Waals surface area contributed by atoms with Gasteiger partial charge in [-0.25, -0.2) is 0 Å². The Labute approximate surface area is 171 Å². The molecule has 4 rings (SSSR count). The first-order valence-electron chi connectivity index (χ1n) is 8.51. The highest BCUT2D eigenvalue weighted by Crippen LogP contribution is 2.33. The first-order valence-corrected chi connectivity index (χ1v) is 9.27. The number of ketones is 1. The minimum Gasteiger partial charge on any atom is -0.451 e. The molecule has 3 aromatic carbocycles. The molecule has 1 aromatic heterocycles. The maximum atomic E-state index is 13.0. The fourth-order valence-electron chi connectivity index (χ4n) is 3.17. The van der Waals surface area contributed by atoms with Crippen molar-refractivity contribution < 1.29 is 9.21 Å². The van der Waals surface area contributed by atoms with Crippen molar-refractivity contribution in [2.24, 2.45) is 0 Å². The number of fused-ring (bicyclic) bond motifs is 1. The molecule has 5 heteroatoms. The van der Waals surface area contributed by atoms with Crippen LogP contribution in [0.3, 0.4) is 0 Å². The van der Waals surface area contributed by atoms with Gasteiger partial charge in [0.2, 0.25) is 5.78 Å². The molecular weight excluding hydrogens is 393 g/mol. The molecule has 0 N–H and O–H groups in total. The number of nitrogens with zero attached hydrogens (tertiary/aromatic N) is 1. The highest BCUT2D eigenvalue weighted by atomic mass is 35.5. The van der Waals surface area contributed by atoms with Crippen molar-refractivity contribution in [3.05, 3.63) is 93.2 Å². The quantitative estimate of drug-likeness (QED) is 0.351. The summed E-state index contributed by atoms with van der Waals surface area (Å²) in [6.07, 6.45) is 0. The fraction of sp³-hybridized carbons (Fsp3) is 0.0435. The standard InChI is InChI=1S/C23H13Cl2NO2/c1-13-3-2-4-14(9-13)15-5-7-17-19(12-26)23(28-21(17)10-15)22(27)18-8-6-16(24)11-20(18)25/h2-11H,1H3. The summed E-state index contributed by atoms with van der Waals surface area (Å²) in [5.74, 6) is -0.477. The molecule has 0 aliphatic rings. The molecule has 3 nitrogen and oxygen atoms in total. The second-order valence-electron chi connectivity index (χ2n) is 6.45. The average molecular weight is 406 g/mol. The Morgan fingerprint density at radius 1 is 1.00 bits per heavy atom. The van der Waals surface area contributed by atoms with Crippen LogP contribution in [-0.2, 0) is 0 Å². The summed E-state index contributed by atoms with van der Waals surface area (Å²) >= 11 is 12.1. The molecule has 28 heavy (non-hydrogen) atoms. The summed E-state index contributed by atoms with van der Waals surface area (Å²) in [7, 11) is 0. The predicted molar refractivity (Wildman–Crippen MR) is 111 cm³/mol. The second-order valence-corrected chi connectivity index (χ2v) is 7.30. The highest BCUT2D eigenvalue weighted by Gasteiger charge is 2.24. The van der Waals surface area contributed by atoms with Crippen molar-refractivity contribution in [2.45, 2.75) is 6.92 Å². The number of aryl methyl sites for hydroxylation is 1. The maximum Gasteiger partial charge on any atom is 0.231 e. The number of hydrogen-bond acceptors (Lipinski definition) is 3. The molecule has 0 fully saturated rings. The average Bonchev–Trinajstić information content (AvgIpc) is 3.05. The number of nitriles is 1. The zero-order chi connectivity index (χ0) is 19.8. The van der Waals surface area contributed by atoms with Crippen molar-refractivity contribution in [3.8, 4) is 17.2 Å². The minimum atomic E-state index is -0.452. The Bertz CT molecular complexity index is 1280. The summed E-state index contributed by atoms with van der Waals surface area (Å²) in [4.78, 5) is 13.0. The molecule has 1 heterocycles. The molecule has 0 spiro atoms. The number of hydrogen-bond donors (Lipinski definition) is 0. The van der Waals surface area contributed by atoms with E-state index in [0.29, 0.717) is 16.0 Å². The molecule has 0 saturated heterocycles. The zero-order valence-electron chi connectivity index (χ0n) is 14.8. The van der Waals surface area contributed by atoms with Crippen LogP contribution >= 0.6 is 23.2 Å². The molecular formula is C23H13Cl2NO2. The summed E-state index contributed by atoms with van der Waals surface area (Å²) in [6.45, 7) is 2.02. The molecule has 0 unspecified atom stereocenters. The van der Waals surface area contributed by atoms with Crippen LogP contribution in [0.15, 0.2) is 65.1 Å². The summed E-state index contributed by atoms with van der Waals surface area (Å²) in [6, 6.07) is 20.3. The topological polar surface area (TPSA) is 54.0 Å². The molecule has 0 aliphatic heterocycles. The van der Waals surface area contributed by atoms with Crippen LogP contribution in [-0.4, -0.2) is 5.78 Å². The Hall–Kier alpha value is -3.06. The van der Waals surface area contributed by atoms with Crippen molar-refractivity contribution in [2.75, 3.05) is 0 Å². The predicted octanol–water partition coefficient (Wildman–Crippen LogP) is 6.82. The number of rotatable bonds is 3. The Kier molecular flexibility index (Phi) is 4.68. The van der Waals surface area contributed by atoms with Gasteiger partial charge < -0.3 is 4.42 Å². The number of halogens is 2. The van der Waals surface area contributed by atoms with Crippen molar-refractivity contribution in [3.63, 3.8) is 0 Å². The van der Waals surface area contributed by atoms with Gasteiger partial charge in [-0.05, 0) is 48.4 Å². The van der Waals surface area contributed by atoms with Gasteiger partial charge in [0.25, 0.3) is 0 Å². The highest BCUT2D eigenvalue weighted by molar-refractivity contribution is 6.37. The van der Waals surface area contributed by atoms with E-state index in [-0.39, 0.29) is 21.9 Å². The van der Waals surface area contributed by atoms with Crippen molar-refractivity contribution in [1.29, 1.82) is 5.26 Å². The Morgan fingerprint density at radius 3 is 2.50 bits per heavy atom. The lowest BCUT2D eigenvalue weighted by atomic mass is 10.0. The molecule has 136 valence electrons. The summed E-state index contributed by atoms with van der Waals surface area (Å²) in [5.41, 5.74) is 4.03. The van der Waals surface area contributed by atoms with Crippen LogP contribution in [0.2, 0.25) is 10.0 Å². The Morgan fingerprint density at radius 2 is 1.79 bits per heavy atom. The largest absolute Gasteiger partial charge is 0.451 e. The molecule has 0 atom stereocenters. The maximum absolute atomic E-state index is 13.0. The van der Waals surface area contributed by atoms with Crippen LogP contribution in [0.5, 0.6) is 0 Å². The lowest BCUT2D eigenvalue weighted by Crippen LogP contribution is -2.02. The molecule has 0 radical (unpaired) electrons. The van der Waals surface area contributed by atoms with E-state index < -0.39 is 5.78 Å². The van der Waals surface area contributed by atoms with Gasteiger partial charge >= 0.3 is 0 Å². The van der Waals surface area contributed by atoms with Crippen molar-refractivity contribution >= 4 is 40.0 Å². The van der Waals surface area contributed by atoms with Gasteiger partial charge in [0, 0.05) is 16.0 Å². The molecule has 0 bridgehead atoms. The fourth-order valence-corrected chi connectivity index (χ4v) is 3.66. The number of carbonyl (C=O) groups excluding carboxylic acids is 1. The van der Waals surface area contributed by atoms with E-state index in [1.54, 1.807) is 12.1 Å². The first kappa shape index (κ1) is 18.3. The van der Waals surface area contributed by atoms with Crippen LogP contribution in [0, 0.1) is 18.3 Å². The van der Waals surface area contributed by atoms with Crippen LogP contribution in [0.1, 0.15) is 27.2 Å². The molecule has 0 amide bonds. The van der Waals surface area contributed by atoms with Gasteiger partial charge in [-0.2, -0.15) is 5.26 Å². The third-order valence-electron chi connectivity index (χ3n) is 4.54. The number of furan rings is 1. The van der Waals surface area contributed by atoms with Crippen LogP contribution < -0.4 is 0 Å². The van der Waals surface area contributed by atoms with Gasteiger partial charge in [-0.15, -0.1) is 0 Å². The van der Waals surface area contributed by atoms with Gasteiger partial charge in [0.15, 0.2) is 5.76 Å². The lowest BCUT2D eigenvalue weighted by Gasteiger charge is -2.02. The number of benzene rings is 3.